The Labute approximate surface area is 169 Å². The summed E-state index contributed by atoms with van der Waals surface area (Å²) >= 11 is 1.47. The number of para-hydroxylation sites is 2. The Kier molecular flexibility index (Phi) is 4.13. The molecule has 29 heavy (non-hydrogen) atoms. The number of aryl methyl sites for hydroxylation is 1. The molecule has 144 valence electrons. The number of imidazole rings is 2. The van der Waals surface area contributed by atoms with E-state index in [4.69, 9.17) is 0 Å². The number of carbonyl (C=O) groups excluding carboxylic acids is 1. The van der Waals surface area contributed by atoms with E-state index in [1.165, 1.54) is 23.5 Å². The van der Waals surface area contributed by atoms with Gasteiger partial charge < -0.3 is 9.88 Å². The van der Waals surface area contributed by atoms with Crippen molar-refractivity contribution >= 4 is 39.1 Å². The molecular formula is C21H16FN5OS. The minimum Gasteiger partial charge on any atom is -0.319 e. The lowest BCUT2D eigenvalue weighted by atomic mass is 10.1. The van der Waals surface area contributed by atoms with Gasteiger partial charge in [-0.05, 0) is 43.3 Å². The van der Waals surface area contributed by atoms with Gasteiger partial charge in [-0.15, -0.1) is 11.3 Å². The van der Waals surface area contributed by atoms with E-state index in [0.29, 0.717) is 11.5 Å². The van der Waals surface area contributed by atoms with Gasteiger partial charge in [-0.2, -0.15) is 0 Å². The third-order valence-corrected chi connectivity index (χ3v) is 5.54. The quantitative estimate of drug-likeness (QED) is 0.479. The van der Waals surface area contributed by atoms with Gasteiger partial charge in [0.2, 0.25) is 5.91 Å². The van der Waals surface area contributed by atoms with Crippen LogP contribution in [-0.2, 0) is 11.3 Å². The topological polar surface area (TPSA) is 64.2 Å². The first-order chi connectivity index (χ1) is 14.1. The van der Waals surface area contributed by atoms with Crippen LogP contribution in [0.25, 0.3) is 27.3 Å². The number of carbonyl (C=O) groups is 1. The maximum atomic E-state index is 13.3. The third kappa shape index (κ3) is 3.07. The van der Waals surface area contributed by atoms with Crippen LogP contribution in [0.1, 0.15) is 5.82 Å². The summed E-state index contributed by atoms with van der Waals surface area (Å²) in [4.78, 5) is 22.8. The summed E-state index contributed by atoms with van der Waals surface area (Å²) in [7, 11) is 0. The molecule has 0 fully saturated rings. The van der Waals surface area contributed by atoms with Gasteiger partial charge in [0.15, 0.2) is 4.96 Å². The number of nitrogens with zero attached hydrogens (tertiary/aromatic N) is 4. The highest BCUT2D eigenvalue weighted by Gasteiger charge is 2.18. The molecule has 0 aliphatic carbocycles. The SMILES string of the molecule is Cc1nc2ccccc2n1CC(=O)Nc1c(-c2ccc(F)cc2)nc2sccn12. The smallest absolute Gasteiger partial charge is 0.245 e. The molecule has 8 heteroatoms. The van der Waals surface area contributed by atoms with Crippen LogP contribution >= 0.6 is 11.3 Å². The van der Waals surface area contributed by atoms with Gasteiger partial charge in [-0.25, -0.2) is 14.4 Å². The fraction of sp³-hybridized carbons (Fsp3) is 0.0952. The first-order valence-electron chi connectivity index (χ1n) is 9.03. The van der Waals surface area contributed by atoms with Gasteiger partial charge in [0.25, 0.3) is 0 Å². The number of amides is 1. The van der Waals surface area contributed by atoms with Crippen molar-refractivity contribution in [3.63, 3.8) is 0 Å². The number of benzene rings is 2. The summed E-state index contributed by atoms with van der Waals surface area (Å²) in [6, 6.07) is 13.8. The Morgan fingerprint density at radius 1 is 1.14 bits per heavy atom. The summed E-state index contributed by atoms with van der Waals surface area (Å²) in [6.07, 6.45) is 1.85. The summed E-state index contributed by atoms with van der Waals surface area (Å²) in [6.45, 7) is 2.01. The third-order valence-electron chi connectivity index (χ3n) is 4.78. The van der Waals surface area contributed by atoms with Crippen molar-refractivity contribution in [1.29, 1.82) is 0 Å². The summed E-state index contributed by atoms with van der Waals surface area (Å²) in [5.41, 5.74) is 3.11. The molecule has 3 aromatic heterocycles. The maximum absolute atomic E-state index is 13.3. The zero-order valence-electron chi connectivity index (χ0n) is 15.5. The monoisotopic (exact) mass is 405 g/mol. The van der Waals surface area contributed by atoms with E-state index in [2.05, 4.69) is 15.3 Å². The number of fused-ring (bicyclic) bond motifs is 2. The van der Waals surface area contributed by atoms with Gasteiger partial charge >= 0.3 is 0 Å². The van der Waals surface area contributed by atoms with E-state index in [-0.39, 0.29) is 18.3 Å². The van der Waals surface area contributed by atoms with Crippen LogP contribution in [0.5, 0.6) is 0 Å². The highest BCUT2D eigenvalue weighted by atomic mass is 32.1. The van der Waals surface area contributed by atoms with Gasteiger partial charge in [-0.3, -0.25) is 9.20 Å². The predicted molar refractivity (Wildman–Crippen MR) is 112 cm³/mol. The summed E-state index contributed by atoms with van der Waals surface area (Å²) < 4.78 is 17.0. The van der Waals surface area contributed by atoms with Crippen LogP contribution in [0.2, 0.25) is 0 Å². The summed E-state index contributed by atoms with van der Waals surface area (Å²) in [5.74, 6) is 0.837. The van der Waals surface area contributed by atoms with Gasteiger partial charge in [0.05, 0.1) is 11.0 Å². The predicted octanol–water partition coefficient (Wildman–Crippen LogP) is 4.50. The van der Waals surface area contributed by atoms with Crippen molar-refractivity contribution in [1.82, 2.24) is 18.9 Å². The Hall–Kier alpha value is -3.52. The number of rotatable bonds is 4. The molecule has 5 aromatic rings. The molecule has 0 radical (unpaired) electrons. The second-order valence-corrected chi connectivity index (χ2v) is 7.53. The average Bonchev–Trinajstić information content (AvgIpc) is 3.38. The second kappa shape index (κ2) is 6.82. The van der Waals surface area contributed by atoms with Gasteiger partial charge in [-0.1, -0.05) is 12.1 Å². The van der Waals surface area contributed by atoms with E-state index < -0.39 is 0 Å². The van der Waals surface area contributed by atoms with E-state index in [9.17, 15) is 9.18 Å². The van der Waals surface area contributed by atoms with Crippen molar-refractivity contribution in [3.05, 3.63) is 71.7 Å². The van der Waals surface area contributed by atoms with Crippen LogP contribution in [-0.4, -0.2) is 24.8 Å². The second-order valence-electron chi connectivity index (χ2n) is 6.65. The molecule has 0 unspecified atom stereocenters. The molecule has 1 N–H and O–H groups in total. The first kappa shape index (κ1) is 17.6. The molecule has 0 bridgehead atoms. The molecule has 6 nitrogen and oxygen atoms in total. The van der Waals surface area contributed by atoms with Crippen molar-refractivity contribution in [2.24, 2.45) is 0 Å². The molecule has 2 aromatic carbocycles. The lowest BCUT2D eigenvalue weighted by Gasteiger charge is -2.09. The zero-order valence-corrected chi connectivity index (χ0v) is 16.3. The number of anilines is 1. The number of aromatic nitrogens is 4. The number of hydrogen-bond acceptors (Lipinski definition) is 4. The molecule has 0 aliphatic heterocycles. The largest absolute Gasteiger partial charge is 0.319 e. The van der Waals surface area contributed by atoms with Gasteiger partial charge in [0.1, 0.15) is 29.7 Å². The first-order valence-corrected chi connectivity index (χ1v) is 9.91. The number of nitrogens with one attached hydrogen (secondary N) is 1. The Morgan fingerprint density at radius 3 is 2.76 bits per heavy atom. The molecule has 0 atom stereocenters. The van der Waals surface area contributed by atoms with E-state index >= 15 is 0 Å². The Bertz CT molecular complexity index is 1350. The number of halogens is 1. The Morgan fingerprint density at radius 2 is 1.93 bits per heavy atom. The molecule has 5 rings (SSSR count). The van der Waals surface area contributed by atoms with Crippen molar-refractivity contribution < 1.29 is 9.18 Å². The lowest BCUT2D eigenvalue weighted by molar-refractivity contribution is -0.116. The fourth-order valence-corrected chi connectivity index (χ4v) is 4.14. The lowest BCUT2D eigenvalue weighted by Crippen LogP contribution is -2.20. The minimum absolute atomic E-state index is 0.132. The highest BCUT2D eigenvalue weighted by Crippen LogP contribution is 2.31. The molecule has 0 spiro atoms. The van der Waals surface area contributed by atoms with E-state index in [1.54, 1.807) is 12.1 Å². The molecule has 0 saturated carbocycles. The normalized spacial score (nSPS) is 11.4. The van der Waals surface area contributed by atoms with E-state index in [1.807, 2.05) is 51.7 Å². The minimum atomic E-state index is -0.317. The van der Waals surface area contributed by atoms with Crippen LogP contribution in [0, 0.1) is 12.7 Å². The van der Waals surface area contributed by atoms with Crippen LogP contribution in [0.15, 0.2) is 60.1 Å². The Balaban J connectivity index is 1.50. The number of thiazole rings is 1. The molecular weight excluding hydrogens is 389 g/mol. The van der Waals surface area contributed by atoms with Crippen LogP contribution in [0.3, 0.4) is 0 Å². The molecule has 3 heterocycles. The van der Waals surface area contributed by atoms with Crippen LogP contribution in [0.4, 0.5) is 10.2 Å². The van der Waals surface area contributed by atoms with Crippen molar-refractivity contribution in [2.75, 3.05) is 5.32 Å². The standard InChI is InChI=1S/C21H16FN5OS/c1-13-23-16-4-2-3-5-17(16)27(13)12-18(28)24-20-19(14-6-8-15(22)9-7-14)25-21-26(20)10-11-29-21/h2-11H,12H2,1H3,(H,24,28). The average molecular weight is 405 g/mol. The summed E-state index contributed by atoms with van der Waals surface area (Å²) in [5, 5.41) is 4.89. The maximum Gasteiger partial charge on any atom is 0.245 e. The van der Waals surface area contributed by atoms with Crippen molar-refractivity contribution in [2.45, 2.75) is 13.5 Å². The number of hydrogen-bond donors (Lipinski definition) is 1. The van der Waals surface area contributed by atoms with Gasteiger partial charge in [0, 0.05) is 17.1 Å². The fourth-order valence-electron chi connectivity index (χ4n) is 3.42. The van der Waals surface area contributed by atoms with Crippen LogP contribution < -0.4 is 5.32 Å². The van der Waals surface area contributed by atoms with Crippen molar-refractivity contribution in [3.8, 4) is 11.3 Å². The highest BCUT2D eigenvalue weighted by molar-refractivity contribution is 7.15. The molecule has 1 amide bonds. The zero-order chi connectivity index (χ0) is 20.0. The molecule has 0 saturated heterocycles. The molecule has 0 aliphatic rings. The van der Waals surface area contributed by atoms with E-state index in [0.717, 1.165) is 27.4 Å².